The van der Waals surface area contributed by atoms with Crippen molar-refractivity contribution in [2.24, 2.45) is 0 Å². The van der Waals surface area contributed by atoms with E-state index in [1.807, 2.05) is 0 Å². The fourth-order valence-corrected chi connectivity index (χ4v) is 2.61. The van der Waals surface area contributed by atoms with Gasteiger partial charge in [-0.3, -0.25) is 4.79 Å². The molecule has 2 aliphatic heterocycles. The number of carbonyl (C=O) groups excluding carboxylic acids is 2. The van der Waals surface area contributed by atoms with E-state index in [0.29, 0.717) is 13.0 Å². The van der Waals surface area contributed by atoms with Gasteiger partial charge >= 0.3 is 5.97 Å². The van der Waals surface area contributed by atoms with Gasteiger partial charge in [0.15, 0.2) is 0 Å². The number of rotatable bonds is 4. The van der Waals surface area contributed by atoms with E-state index in [0.717, 1.165) is 25.8 Å². The largest absolute Gasteiger partial charge is 0.460 e. The van der Waals surface area contributed by atoms with Crippen LogP contribution in [0.2, 0.25) is 0 Å². The van der Waals surface area contributed by atoms with Crippen molar-refractivity contribution in [3.05, 3.63) is 12.7 Å². The fourth-order valence-electron chi connectivity index (χ4n) is 2.61. The smallest absolute Gasteiger partial charge is 0.329 e. The average Bonchev–Trinajstić information content (AvgIpc) is 3.04. The molecule has 1 N–H and O–H groups in total. The van der Waals surface area contributed by atoms with Gasteiger partial charge in [-0.2, -0.15) is 0 Å². The lowest BCUT2D eigenvalue weighted by molar-refractivity contribution is -0.152. The Labute approximate surface area is 107 Å². The van der Waals surface area contributed by atoms with E-state index in [1.165, 1.54) is 6.08 Å². The van der Waals surface area contributed by atoms with Gasteiger partial charge in [-0.15, -0.1) is 0 Å². The van der Waals surface area contributed by atoms with E-state index >= 15 is 0 Å². The molecule has 0 aliphatic carbocycles. The van der Waals surface area contributed by atoms with Gasteiger partial charge in [0.1, 0.15) is 12.6 Å². The summed E-state index contributed by atoms with van der Waals surface area (Å²) in [7, 11) is 0. The molecule has 18 heavy (non-hydrogen) atoms. The summed E-state index contributed by atoms with van der Waals surface area (Å²) in [6, 6.07) is -0.516. The number of hydrogen-bond acceptors (Lipinski definition) is 4. The molecule has 0 radical (unpaired) electrons. The summed E-state index contributed by atoms with van der Waals surface area (Å²) in [5.41, 5.74) is 0. The zero-order valence-corrected chi connectivity index (χ0v) is 10.6. The Hall–Kier alpha value is -1.36. The van der Waals surface area contributed by atoms with E-state index in [9.17, 15) is 9.59 Å². The molecular formula is C13H20N2O3. The second-order valence-electron chi connectivity index (χ2n) is 4.76. The van der Waals surface area contributed by atoms with Crippen molar-refractivity contribution in [1.29, 1.82) is 0 Å². The van der Waals surface area contributed by atoms with Crippen LogP contribution in [0.5, 0.6) is 0 Å². The molecule has 0 spiro atoms. The summed E-state index contributed by atoms with van der Waals surface area (Å²) >= 11 is 0. The number of carbonyl (C=O) groups is 2. The van der Waals surface area contributed by atoms with Gasteiger partial charge in [-0.1, -0.05) is 12.7 Å². The molecule has 5 heteroatoms. The number of nitrogens with one attached hydrogen (secondary N) is 1. The van der Waals surface area contributed by atoms with Crippen LogP contribution in [0.25, 0.3) is 0 Å². The second kappa shape index (κ2) is 6.00. The minimum atomic E-state index is -0.403. The highest BCUT2D eigenvalue weighted by Crippen LogP contribution is 2.21. The Kier molecular flexibility index (Phi) is 4.36. The summed E-state index contributed by atoms with van der Waals surface area (Å²) in [4.78, 5) is 25.8. The molecule has 2 rings (SSSR count). The minimum Gasteiger partial charge on any atom is -0.460 e. The van der Waals surface area contributed by atoms with Gasteiger partial charge < -0.3 is 15.0 Å². The van der Waals surface area contributed by atoms with Crippen molar-refractivity contribution >= 4 is 11.9 Å². The standard InChI is InChI=1S/C13H20N2O3/c1-2-9-18-13(17)11-6-4-8-15(11)12(16)10-5-3-7-14-10/h2,10-11,14H,1,3-9H2/t10-,11-/m0/s1. The average molecular weight is 252 g/mol. The topological polar surface area (TPSA) is 58.6 Å². The Morgan fingerprint density at radius 3 is 2.89 bits per heavy atom. The van der Waals surface area contributed by atoms with Gasteiger partial charge in [-0.05, 0) is 32.2 Å². The van der Waals surface area contributed by atoms with Crippen molar-refractivity contribution in [2.45, 2.75) is 37.8 Å². The maximum atomic E-state index is 12.3. The summed E-state index contributed by atoms with van der Waals surface area (Å²) in [6.45, 7) is 5.26. The van der Waals surface area contributed by atoms with E-state index < -0.39 is 6.04 Å². The Bertz CT molecular complexity index is 337. The zero-order valence-electron chi connectivity index (χ0n) is 10.6. The molecule has 100 valence electrons. The molecule has 2 saturated heterocycles. The molecule has 5 nitrogen and oxygen atoms in total. The summed E-state index contributed by atoms with van der Waals surface area (Å²) in [6.07, 6.45) is 5.00. The summed E-state index contributed by atoms with van der Waals surface area (Å²) in [5.74, 6) is -0.260. The van der Waals surface area contributed by atoms with Crippen LogP contribution in [0.3, 0.4) is 0 Å². The van der Waals surface area contributed by atoms with Crippen LogP contribution in [0.1, 0.15) is 25.7 Å². The minimum absolute atomic E-state index is 0.0468. The number of nitrogens with zero attached hydrogens (tertiary/aromatic N) is 1. The third-order valence-corrected chi connectivity index (χ3v) is 3.51. The Balaban J connectivity index is 1.95. The Morgan fingerprint density at radius 1 is 1.39 bits per heavy atom. The molecule has 0 aromatic heterocycles. The highest BCUT2D eigenvalue weighted by Gasteiger charge is 2.38. The first-order valence-corrected chi connectivity index (χ1v) is 6.55. The van der Waals surface area contributed by atoms with Crippen LogP contribution in [-0.4, -0.2) is 48.6 Å². The number of esters is 1. The van der Waals surface area contributed by atoms with Gasteiger partial charge in [0, 0.05) is 6.54 Å². The number of amides is 1. The number of ether oxygens (including phenoxy) is 1. The first-order valence-electron chi connectivity index (χ1n) is 6.55. The molecule has 2 atom stereocenters. The lowest BCUT2D eigenvalue weighted by Gasteiger charge is -2.25. The molecule has 2 heterocycles. The van der Waals surface area contributed by atoms with Crippen molar-refractivity contribution < 1.29 is 14.3 Å². The van der Waals surface area contributed by atoms with E-state index in [2.05, 4.69) is 11.9 Å². The first-order chi connectivity index (χ1) is 8.74. The third-order valence-electron chi connectivity index (χ3n) is 3.51. The lowest BCUT2D eigenvalue weighted by Crippen LogP contribution is -2.48. The van der Waals surface area contributed by atoms with Gasteiger partial charge in [0.25, 0.3) is 0 Å². The molecule has 0 aromatic carbocycles. The predicted octanol–water partition coefficient (Wildman–Crippen LogP) is 0.459. The maximum absolute atomic E-state index is 12.3. The monoisotopic (exact) mass is 252 g/mol. The molecule has 0 bridgehead atoms. The van der Waals surface area contributed by atoms with Gasteiger partial charge in [0.05, 0.1) is 6.04 Å². The normalized spacial score (nSPS) is 27.2. The number of likely N-dealkylation sites (tertiary alicyclic amines) is 1. The van der Waals surface area contributed by atoms with Crippen LogP contribution < -0.4 is 5.32 Å². The maximum Gasteiger partial charge on any atom is 0.329 e. The molecule has 0 aromatic rings. The van der Waals surface area contributed by atoms with Gasteiger partial charge in [0.2, 0.25) is 5.91 Å². The van der Waals surface area contributed by atoms with Crippen LogP contribution in [0.4, 0.5) is 0 Å². The van der Waals surface area contributed by atoms with Gasteiger partial charge in [-0.25, -0.2) is 4.79 Å². The van der Waals surface area contributed by atoms with E-state index in [-0.39, 0.29) is 24.5 Å². The van der Waals surface area contributed by atoms with Crippen LogP contribution in [0.15, 0.2) is 12.7 Å². The van der Waals surface area contributed by atoms with Crippen molar-refractivity contribution in [3.63, 3.8) is 0 Å². The van der Waals surface area contributed by atoms with E-state index in [4.69, 9.17) is 4.74 Å². The molecular weight excluding hydrogens is 232 g/mol. The Morgan fingerprint density at radius 2 is 2.22 bits per heavy atom. The highest BCUT2D eigenvalue weighted by atomic mass is 16.5. The quantitative estimate of drug-likeness (QED) is 0.583. The number of hydrogen-bond donors (Lipinski definition) is 1. The summed E-state index contributed by atoms with van der Waals surface area (Å²) in [5, 5.41) is 3.18. The summed E-state index contributed by atoms with van der Waals surface area (Å²) < 4.78 is 5.05. The molecule has 2 fully saturated rings. The fraction of sp³-hybridized carbons (Fsp3) is 0.692. The molecule has 0 saturated carbocycles. The van der Waals surface area contributed by atoms with Crippen molar-refractivity contribution in [3.8, 4) is 0 Å². The highest BCUT2D eigenvalue weighted by molar-refractivity contribution is 5.88. The molecule has 2 aliphatic rings. The third kappa shape index (κ3) is 2.72. The lowest BCUT2D eigenvalue weighted by atomic mass is 10.1. The first kappa shape index (κ1) is 13.1. The van der Waals surface area contributed by atoms with Crippen LogP contribution in [-0.2, 0) is 14.3 Å². The van der Waals surface area contributed by atoms with Crippen LogP contribution >= 0.6 is 0 Å². The second-order valence-corrected chi connectivity index (χ2v) is 4.76. The molecule has 1 amide bonds. The predicted molar refractivity (Wildman–Crippen MR) is 66.9 cm³/mol. The van der Waals surface area contributed by atoms with Crippen LogP contribution in [0, 0.1) is 0 Å². The molecule has 0 unspecified atom stereocenters. The zero-order chi connectivity index (χ0) is 13.0. The SMILES string of the molecule is C=CCOC(=O)[C@@H]1CCCN1C(=O)[C@@H]1CCCN1. The van der Waals surface area contributed by atoms with Crippen molar-refractivity contribution in [1.82, 2.24) is 10.2 Å². The van der Waals surface area contributed by atoms with Crippen molar-refractivity contribution in [2.75, 3.05) is 19.7 Å². The van der Waals surface area contributed by atoms with E-state index in [1.54, 1.807) is 4.90 Å².